The van der Waals surface area contributed by atoms with Crippen LogP contribution in [0.3, 0.4) is 0 Å². The van der Waals surface area contributed by atoms with Crippen molar-refractivity contribution in [2.45, 2.75) is 25.9 Å². The lowest BCUT2D eigenvalue weighted by molar-refractivity contribution is -0.127. The van der Waals surface area contributed by atoms with Gasteiger partial charge in [-0.3, -0.25) is 14.6 Å². The smallest absolute Gasteiger partial charge is 0.244 e. The van der Waals surface area contributed by atoms with E-state index in [1.807, 2.05) is 49.4 Å². The Morgan fingerprint density at radius 1 is 1.04 bits per heavy atom. The molecule has 2 atom stereocenters. The number of benzene rings is 1. The molecule has 0 radical (unpaired) electrons. The van der Waals surface area contributed by atoms with Crippen LogP contribution in [0.1, 0.15) is 31.0 Å². The van der Waals surface area contributed by atoms with Gasteiger partial charge in [0.15, 0.2) is 0 Å². The summed E-state index contributed by atoms with van der Waals surface area (Å²) in [7, 11) is 0. The minimum atomic E-state index is -0.628. The molecule has 2 rings (SSSR count). The van der Waals surface area contributed by atoms with Gasteiger partial charge in [0.2, 0.25) is 11.8 Å². The normalized spacial score (nSPS) is 13.2. The maximum atomic E-state index is 12.2. The summed E-state index contributed by atoms with van der Waals surface area (Å²) in [6.07, 6.45) is 6.51. The van der Waals surface area contributed by atoms with Crippen LogP contribution in [0, 0.1) is 0 Å². The molecular formula is C19H21N3O2. The van der Waals surface area contributed by atoms with Gasteiger partial charge in [0, 0.05) is 18.5 Å². The highest BCUT2D eigenvalue weighted by Gasteiger charge is 2.17. The van der Waals surface area contributed by atoms with E-state index in [0.717, 1.165) is 11.1 Å². The molecule has 5 heteroatoms. The van der Waals surface area contributed by atoms with Gasteiger partial charge in [-0.25, -0.2) is 0 Å². The van der Waals surface area contributed by atoms with E-state index in [4.69, 9.17) is 0 Å². The summed E-state index contributed by atoms with van der Waals surface area (Å²) in [5.41, 5.74) is 1.84. The summed E-state index contributed by atoms with van der Waals surface area (Å²) in [5, 5.41) is 5.51. The Morgan fingerprint density at radius 2 is 1.79 bits per heavy atom. The van der Waals surface area contributed by atoms with Gasteiger partial charge in [0.1, 0.15) is 6.04 Å². The summed E-state index contributed by atoms with van der Waals surface area (Å²) < 4.78 is 0. The number of nitrogens with one attached hydrogen (secondary N) is 2. The molecule has 0 aliphatic carbocycles. The van der Waals surface area contributed by atoms with Gasteiger partial charge in [0.05, 0.1) is 6.04 Å². The number of aromatic nitrogens is 1. The Hall–Kier alpha value is -2.95. The Bertz CT molecular complexity index is 699. The third kappa shape index (κ3) is 5.35. The van der Waals surface area contributed by atoms with Gasteiger partial charge in [-0.1, -0.05) is 36.4 Å². The highest BCUT2D eigenvalue weighted by atomic mass is 16.2. The lowest BCUT2D eigenvalue weighted by atomic mass is 10.1. The van der Waals surface area contributed by atoms with E-state index in [1.54, 1.807) is 25.4 Å². The molecule has 1 aromatic heterocycles. The van der Waals surface area contributed by atoms with Crippen molar-refractivity contribution in [1.29, 1.82) is 0 Å². The van der Waals surface area contributed by atoms with Crippen molar-refractivity contribution >= 4 is 17.9 Å². The summed E-state index contributed by atoms with van der Waals surface area (Å²) >= 11 is 0. The van der Waals surface area contributed by atoms with E-state index in [1.165, 1.54) is 6.08 Å². The number of rotatable bonds is 6. The fourth-order valence-electron chi connectivity index (χ4n) is 2.12. The Kier molecular flexibility index (Phi) is 6.25. The second-order valence-corrected chi connectivity index (χ2v) is 5.49. The van der Waals surface area contributed by atoms with Crippen molar-refractivity contribution in [2.24, 2.45) is 0 Å². The molecule has 0 aliphatic rings. The van der Waals surface area contributed by atoms with Crippen LogP contribution >= 0.6 is 0 Å². The highest BCUT2D eigenvalue weighted by Crippen LogP contribution is 2.09. The first-order chi connectivity index (χ1) is 11.6. The molecule has 2 N–H and O–H groups in total. The van der Waals surface area contributed by atoms with Crippen molar-refractivity contribution in [3.05, 3.63) is 72.1 Å². The molecule has 5 nitrogen and oxygen atoms in total. The molecule has 24 heavy (non-hydrogen) atoms. The van der Waals surface area contributed by atoms with Crippen molar-refractivity contribution in [1.82, 2.24) is 15.6 Å². The minimum absolute atomic E-state index is 0.176. The molecule has 0 spiro atoms. The molecule has 1 aromatic carbocycles. The summed E-state index contributed by atoms with van der Waals surface area (Å²) in [4.78, 5) is 28.1. The van der Waals surface area contributed by atoms with Gasteiger partial charge in [-0.05, 0) is 37.1 Å². The monoisotopic (exact) mass is 323 g/mol. The Morgan fingerprint density at radius 3 is 2.46 bits per heavy atom. The molecule has 0 bridgehead atoms. The predicted molar refractivity (Wildman–Crippen MR) is 93.9 cm³/mol. The van der Waals surface area contributed by atoms with Crippen LogP contribution in [0.15, 0.2) is 60.9 Å². The van der Waals surface area contributed by atoms with Crippen LogP contribution in [0.25, 0.3) is 6.08 Å². The molecule has 0 fully saturated rings. The fourth-order valence-corrected chi connectivity index (χ4v) is 2.12. The second-order valence-electron chi connectivity index (χ2n) is 5.49. The number of nitrogens with zero attached hydrogens (tertiary/aromatic N) is 1. The number of hydrogen-bond acceptors (Lipinski definition) is 3. The van der Waals surface area contributed by atoms with Gasteiger partial charge in [0.25, 0.3) is 0 Å². The van der Waals surface area contributed by atoms with E-state index in [2.05, 4.69) is 15.6 Å². The first kappa shape index (κ1) is 17.4. The average Bonchev–Trinajstić information content (AvgIpc) is 2.61. The quantitative estimate of drug-likeness (QED) is 0.802. The van der Waals surface area contributed by atoms with E-state index in [9.17, 15) is 9.59 Å². The molecule has 2 aromatic rings. The molecule has 0 saturated heterocycles. The lowest BCUT2D eigenvalue weighted by Crippen LogP contribution is -2.45. The molecule has 2 unspecified atom stereocenters. The maximum absolute atomic E-state index is 12.2. The SMILES string of the molecule is CC(NC(=O)/C=C/c1ccccc1)C(=O)NC(C)c1cccnc1. The number of carbonyl (C=O) groups excluding carboxylic acids is 2. The Labute approximate surface area is 141 Å². The standard InChI is InChI=1S/C19H21N3O2/c1-14(17-9-6-12-20-13-17)22-19(24)15(2)21-18(23)11-10-16-7-4-3-5-8-16/h3-15H,1-2H3,(H,21,23)(H,22,24)/b11-10+. The predicted octanol–water partition coefficient (Wildman–Crippen LogP) is 2.48. The zero-order valence-electron chi connectivity index (χ0n) is 13.8. The van der Waals surface area contributed by atoms with Gasteiger partial charge in [-0.15, -0.1) is 0 Å². The van der Waals surface area contributed by atoms with Gasteiger partial charge in [-0.2, -0.15) is 0 Å². The zero-order chi connectivity index (χ0) is 17.4. The Balaban J connectivity index is 1.85. The van der Waals surface area contributed by atoms with Crippen molar-refractivity contribution < 1.29 is 9.59 Å². The first-order valence-electron chi connectivity index (χ1n) is 7.80. The molecule has 0 aliphatic heterocycles. The molecule has 2 amide bonds. The van der Waals surface area contributed by atoms with Crippen LogP contribution in [0.5, 0.6) is 0 Å². The van der Waals surface area contributed by atoms with Crippen LogP contribution in [0.2, 0.25) is 0 Å². The van der Waals surface area contributed by atoms with Crippen LogP contribution in [-0.4, -0.2) is 22.8 Å². The number of hydrogen-bond donors (Lipinski definition) is 2. The third-order valence-corrected chi connectivity index (χ3v) is 3.52. The zero-order valence-corrected chi connectivity index (χ0v) is 13.8. The van der Waals surface area contributed by atoms with E-state index in [0.29, 0.717) is 0 Å². The van der Waals surface area contributed by atoms with Crippen molar-refractivity contribution in [3.63, 3.8) is 0 Å². The minimum Gasteiger partial charge on any atom is -0.348 e. The van der Waals surface area contributed by atoms with E-state index in [-0.39, 0.29) is 17.9 Å². The summed E-state index contributed by atoms with van der Waals surface area (Å²) in [6, 6.07) is 12.4. The van der Waals surface area contributed by atoms with Crippen molar-refractivity contribution in [2.75, 3.05) is 0 Å². The maximum Gasteiger partial charge on any atom is 0.244 e. The summed E-state index contributed by atoms with van der Waals surface area (Å²) in [5.74, 6) is -0.552. The summed E-state index contributed by atoms with van der Waals surface area (Å²) in [6.45, 7) is 3.53. The highest BCUT2D eigenvalue weighted by molar-refractivity contribution is 5.95. The number of amides is 2. The molecule has 0 saturated carbocycles. The molecule has 124 valence electrons. The average molecular weight is 323 g/mol. The molecule has 1 heterocycles. The number of pyridine rings is 1. The fraction of sp³-hybridized carbons (Fsp3) is 0.211. The van der Waals surface area contributed by atoms with Crippen LogP contribution in [-0.2, 0) is 9.59 Å². The van der Waals surface area contributed by atoms with Crippen molar-refractivity contribution in [3.8, 4) is 0 Å². The van der Waals surface area contributed by atoms with Crippen LogP contribution < -0.4 is 10.6 Å². The molecular weight excluding hydrogens is 302 g/mol. The van der Waals surface area contributed by atoms with Gasteiger partial charge >= 0.3 is 0 Å². The first-order valence-corrected chi connectivity index (χ1v) is 7.80. The largest absolute Gasteiger partial charge is 0.348 e. The van der Waals surface area contributed by atoms with E-state index >= 15 is 0 Å². The second kappa shape index (κ2) is 8.62. The van der Waals surface area contributed by atoms with Crippen LogP contribution in [0.4, 0.5) is 0 Å². The number of carbonyl (C=O) groups is 2. The topological polar surface area (TPSA) is 71.1 Å². The third-order valence-electron chi connectivity index (χ3n) is 3.52. The lowest BCUT2D eigenvalue weighted by Gasteiger charge is -2.18. The van der Waals surface area contributed by atoms with Gasteiger partial charge < -0.3 is 10.6 Å². The van der Waals surface area contributed by atoms with E-state index < -0.39 is 6.04 Å².